The van der Waals surface area contributed by atoms with Gasteiger partial charge in [0.2, 0.25) is 10.0 Å². The zero-order valence-corrected chi connectivity index (χ0v) is 12.3. The molecule has 0 fully saturated rings. The van der Waals surface area contributed by atoms with Crippen LogP contribution in [-0.2, 0) is 21.4 Å². The molecule has 0 saturated carbocycles. The topological polar surface area (TPSA) is 98.5 Å². The van der Waals surface area contributed by atoms with Crippen LogP contribution in [0.4, 0.5) is 0 Å². The summed E-state index contributed by atoms with van der Waals surface area (Å²) in [6.45, 7) is 1.73. The van der Waals surface area contributed by atoms with E-state index in [2.05, 4.69) is 9.88 Å². The highest BCUT2D eigenvalue weighted by Gasteiger charge is 2.13. The van der Waals surface area contributed by atoms with Crippen LogP contribution in [0.25, 0.3) is 0 Å². The number of hydrogen-bond acceptors (Lipinski definition) is 6. The number of esters is 1. The minimum atomic E-state index is -3.52. The minimum Gasteiger partial charge on any atom is -0.455 e. The van der Waals surface area contributed by atoms with Crippen LogP contribution in [0.15, 0.2) is 39.8 Å². The van der Waals surface area contributed by atoms with Crippen LogP contribution in [0.5, 0.6) is 0 Å². The molecule has 0 bridgehead atoms. The van der Waals surface area contributed by atoms with Gasteiger partial charge in [0.25, 0.3) is 0 Å². The number of aryl methyl sites for hydroxylation is 1. The number of carbonyl (C=O) groups is 1. The lowest BCUT2D eigenvalue weighted by molar-refractivity contribution is 0.0464. The van der Waals surface area contributed by atoms with Crippen LogP contribution >= 0.6 is 0 Å². The van der Waals surface area contributed by atoms with E-state index in [1.54, 1.807) is 13.0 Å². The lowest BCUT2D eigenvalue weighted by Crippen LogP contribution is -2.18. The molecule has 1 aromatic carbocycles. The Morgan fingerprint density at radius 3 is 2.52 bits per heavy atom. The Labute approximate surface area is 121 Å². The molecule has 0 radical (unpaired) electrons. The molecule has 0 saturated heterocycles. The van der Waals surface area contributed by atoms with Crippen molar-refractivity contribution in [1.82, 2.24) is 9.88 Å². The van der Waals surface area contributed by atoms with Gasteiger partial charge in [0.1, 0.15) is 18.1 Å². The first-order valence-electron chi connectivity index (χ1n) is 6.05. The number of ether oxygens (including phenoxy) is 1. The fourth-order valence-corrected chi connectivity index (χ4v) is 2.33. The van der Waals surface area contributed by atoms with Crippen LogP contribution in [0.2, 0.25) is 0 Å². The molecule has 0 amide bonds. The second-order valence-electron chi connectivity index (χ2n) is 4.24. The number of nitrogens with zero attached hydrogens (tertiary/aromatic N) is 1. The molecule has 1 aromatic heterocycles. The standard InChI is InChI=1S/C13H14N2O5S/c1-9-7-11(15-20-9)8-19-13(16)10-3-5-12(6-4-10)21(17,18)14-2/h3-7,14H,8H2,1-2H3. The van der Waals surface area contributed by atoms with Crippen molar-refractivity contribution in [2.45, 2.75) is 18.4 Å². The highest BCUT2D eigenvalue weighted by atomic mass is 32.2. The summed E-state index contributed by atoms with van der Waals surface area (Å²) in [6.07, 6.45) is 0. The van der Waals surface area contributed by atoms with Crippen LogP contribution in [0.3, 0.4) is 0 Å². The third kappa shape index (κ3) is 3.67. The van der Waals surface area contributed by atoms with E-state index >= 15 is 0 Å². The van der Waals surface area contributed by atoms with Gasteiger partial charge in [-0.2, -0.15) is 0 Å². The third-order valence-corrected chi connectivity index (χ3v) is 4.13. The van der Waals surface area contributed by atoms with E-state index in [1.165, 1.54) is 31.3 Å². The molecule has 0 aliphatic carbocycles. The van der Waals surface area contributed by atoms with E-state index < -0.39 is 16.0 Å². The number of benzene rings is 1. The Morgan fingerprint density at radius 1 is 1.33 bits per heavy atom. The number of carbonyl (C=O) groups excluding carboxylic acids is 1. The molecule has 1 heterocycles. The lowest BCUT2D eigenvalue weighted by atomic mass is 10.2. The highest BCUT2D eigenvalue weighted by molar-refractivity contribution is 7.89. The van der Waals surface area contributed by atoms with Gasteiger partial charge in [-0.1, -0.05) is 5.16 Å². The molecule has 0 atom stereocenters. The minimum absolute atomic E-state index is 0.00720. The summed E-state index contributed by atoms with van der Waals surface area (Å²) in [4.78, 5) is 11.9. The average molecular weight is 310 g/mol. The summed E-state index contributed by atoms with van der Waals surface area (Å²) < 4.78 is 35.2. The highest BCUT2D eigenvalue weighted by Crippen LogP contribution is 2.12. The number of nitrogens with one attached hydrogen (secondary N) is 1. The first-order chi connectivity index (χ1) is 9.92. The fraction of sp³-hybridized carbons (Fsp3) is 0.231. The van der Waals surface area contributed by atoms with Gasteiger partial charge in [0.05, 0.1) is 10.5 Å². The lowest BCUT2D eigenvalue weighted by Gasteiger charge is -2.05. The molecule has 0 spiro atoms. The summed E-state index contributed by atoms with van der Waals surface area (Å²) in [5, 5.41) is 3.70. The molecule has 8 heteroatoms. The number of sulfonamides is 1. The molecular formula is C13H14N2O5S. The number of hydrogen-bond donors (Lipinski definition) is 1. The van der Waals surface area contributed by atoms with Gasteiger partial charge < -0.3 is 9.26 Å². The zero-order chi connectivity index (χ0) is 15.5. The van der Waals surface area contributed by atoms with Crippen LogP contribution in [0, 0.1) is 6.92 Å². The summed E-state index contributed by atoms with van der Waals surface area (Å²) >= 11 is 0. The smallest absolute Gasteiger partial charge is 0.338 e. The van der Waals surface area contributed by atoms with Crippen molar-refractivity contribution in [3.63, 3.8) is 0 Å². The molecule has 112 valence electrons. The SMILES string of the molecule is CNS(=O)(=O)c1ccc(C(=O)OCc2cc(C)on2)cc1. The fourth-order valence-electron chi connectivity index (χ4n) is 1.60. The van der Waals surface area contributed by atoms with Gasteiger partial charge in [0.15, 0.2) is 0 Å². The third-order valence-electron chi connectivity index (χ3n) is 2.70. The molecule has 0 aliphatic heterocycles. The largest absolute Gasteiger partial charge is 0.455 e. The summed E-state index contributed by atoms with van der Waals surface area (Å²) in [5.74, 6) is 0.0618. The molecule has 7 nitrogen and oxygen atoms in total. The van der Waals surface area contributed by atoms with Crippen molar-refractivity contribution in [3.05, 3.63) is 47.3 Å². The van der Waals surface area contributed by atoms with Gasteiger partial charge >= 0.3 is 5.97 Å². The zero-order valence-electron chi connectivity index (χ0n) is 11.5. The molecule has 1 N–H and O–H groups in total. The van der Waals surface area contributed by atoms with Crippen LogP contribution in [-0.4, -0.2) is 26.6 Å². The van der Waals surface area contributed by atoms with Gasteiger partial charge in [0, 0.05) is 6.07 Å². The van der Waals surface area contributed by atoms with Gasteiger partial charge in [-0.05, 0) is 38.2 Å². The van der Waals surface area contributed by atoms with Gasteiger partial charge in [-0.15, -0.1) is 0 Å². The maximum Gasteiger partial charge on any atom is 0.338 e. The first-order valence-corrected chi connectivity index (χ1v) is 7.53. The predicted molar refractivity (Wildman–Crippen MR) is 73.0 cm³/mol. The number of aromatic nitrogens is 1. The molecule has 21 heavy (non-hydrogen) atoms. The Balaban J connectivity index is 2.03. The van der Waals surface area contributed by atoms with Crippen molar-refractivity contribution >= 4 is 16.0 Å². The van der Waals surface area contributed by atoms with Crippen molar-refractivity contribution in [1.29, 1.82) is 0 Å². The van der Waals surface area contributed by atoms with E-state index in [0.29, 0.717) is 11.5 Å². The number of rotatable bonds is 5. The van der Waals surface area contributed by atoms with Gasteiger partial charge in [-0.3, -0.25) is 0 Å². The molecule has 2 rings (SSSR count). The Kier molecular flexibility index (Phi) is 4.39. The van der Waals surface area contributed by atoms with E-state index in [4.69, 9.17) is 9.26 Å². The quantitative estimate of drug-likeness (QED) is 0.834. The second kappa shape index (κ2) is 6.06. The first kappa shape index (κ1) is 15.2. The van der Waals surface area contributed by atoms with Gasteiger partial charge in [-0.25, -0.2) is 17.9 Å². The van der Waals surface area contributed by atoms with E-state index in [1.807, 2.05) is 0 Å². The summed E-state index contributed by atoms with van der Waals surface area (Å²) in [7, 11) is -2.20. The maximum absolute atomic E-state index is 11.8. The molecule has 0 aliphatic rings. The Morgan fingerprint density at radius 2 is 2.00 bits per heavy atom. The second-order valence-corrected chi connectivity index (χ2v) is 6.12. The van der Waals surface area contributed by atoms with Crippen molar-refractivity contribution in [2.24, 2.45) is 0 Å². The molecule has 2 aromatic rings. The predicted octanol–water partition coefficient (Wildman–Crippen LogP) is 1.25. The van der Waals surface area contributed by atoms with E-state index in [0.717, 1.165) is 0 Å². The average Bonchev–Trinajstić information content (AvgIpc) is 2.90. The molecule has 0 unspecified atom stereocenters. The van der Waals surface area contributed by atoms with Crippen LogP contribution in [0.1, 0.15) is 21.8 Å². The normalized spacial score (nSPS) is 11.3. The Bertz CT molecular complexity index is 734. The monoisotopic (exact) mass is 310 g/mol. The van der Waals surface area contributed by atoms with E-state index in [9.17, 15) is 13.2 Å². The van der Waals surface area contributed by atoms with Crippen molar-refractivity contribution in [3.8, 4) is 0 Å². The Hall–Kier alpha value is -2.19. The van der Waals surface area contributed by atoms with Crippen LogP contribution < -0.4 is 4.72 Å². The summed E-state index contributed by atoms with van der Waals surface area (Å²) in [5.41, 5.74) is 0.764. The van der Waals surface area contributed by atoms with Crippen molar-refractivity contribution in [2.75, 3.05) is 7.05 Å². The van der Waals surface area contributed by atoms with E-state index in [-0.39, 0.29) is 17.1 Å². The molecular weight excluding hydrogens is 296 g/mol. The maximum atomic E-state index is 11.8. The van der Waals surface area contributed by atoms with Crippen molar-refractivity contribution < 1.29 is 22.5 Å². The summed E-state index contributed by atoms with van der Waals surface area (Å²) in [6, 6.07) is 7.11.